The molecule has 0 aliphatic rings. The quantitative estimate of drug-likeness (QED) is 0.715. The van der Waals surface area contributed by atoms with Crippen LogP contribution in [0.1, 0.15) is 50.1 Å². The van der Waals surface area contributed by atoms with Crippen LogP contribution in [-0.4, -0.2) is 31.7 Å². The second-order valence-electron chi connectivity index (χ2n) is 7.60. The van der Waals surface area contributed by atoms with Gasteiger partial charge in [0.1, 0.15) is 5.76 Å². The molecule has 0 fully saturated rings. The van der Waals surface area contributed by atoms with Crippen LogP contribution in [0.2, 0.25) is 0 Å². The summed E-state index contributed by atoms with van der Waals surface area (Å²) in [6, 6.07) is 5.50. The fourth-order valence-corrected chi connectivity index (χ4v) is 2.70. The zero-order chi connectivity index (χ0) is 20.0. The highest BCUT2D eigenvalue weighted by Gasteiger charge is 2.22. The highest BCUT2D eigenvalue weighted by molar-refractivity contribution is 5.78. The Labute approximate surface area is 161 Å². The fourth-order valence-electron chi connectivity index (χ4n) is 2.70. The molecule has 1 heterocycles. The molecule has 0 aliphatic carbocycles. The Kier molecular flexibility index (Phi) is 6.88. The summed E-state index contributed by atoms with van der Waals surface area (Å²) in [4.78, 5) is 16.7. The maximum atomic E-state index is 12.2. The van der Waals surface area contributed by atoms with Gasteiger partial charge in [-0.2, -0.15) is 0 Å². The number of carbonyl (C=O) groups excluding carboxylic acids is 1. The molecule has 6 heteroatoms. The third kappa shape index (κ3) is 5.74. The van der Waals surface area contributed by atoms with Gasteiger partial charge in [-0.15, -0.1) is 0 Å². The summed E-state index contributed by atoms with van der Waals surface area (Å²) in [5.41, 5.74) is 1.71. The molecule has 2 aromatic rings. The van der Waals surface area contributed by atoms with Crippen molar-refractivity contribution >= 4 is 5.91 Å². The molecule has 0 unspecified atom stereocenters. The summed E-state index contributed by atoms with van der Waals surface area (Å²) in [6.07, 6.45) is 1.86. The van der Waals surface area contributed by atoms with Crippen LogP contribution in [0.3, 0.4) is 0 Å². The first-order valence-electron chi connectivity index (χ1n) is 9.19. The predicted octanol–water partition coefficient (Wildman–Crippen LogP) is 3.59. The predicted molar refractivity (Wildman–Crippen MR) is 105 cm³/mol. The second-order valence-corrected chi connectivity index (χ2v) is 7.60. The summed E-state index contributed by atoms with van der Waals surface area (Å²) in [5.74, 6) is 2.91. The first-order chi connectivity index (χ1) is 12.7. The van der Waals surface area contributed by atoms with Crippen molar-refractivity contribution in [1.82, 2.24) is 10.3 Å². The monoisotopic (exact) mass is 374 g/mol. The van der Waals surface area contributed by atoms with E-state index in [1.54, 1.807) is 20.3 Å². The lowest BCUT2D eigenvalue weighted by Gasteiger charge is -2.12. The van der Waals surface area contributed by atoms with Gasteiger partial charge in [0, 0.05) is 18.4 Å². The van der Waals surface area contributed by atoms with Gasteiger partial charge in [-0.05, 0) is 31.0 Å². The van der Waals surface area contributed by atoms with Crippen molar-refractivity contribution in [3.8, 4) is 11.5 Å². The van der Waals surface area contributed by atoms with Gasteiger partial charge in [-0.1, -0.05) is 26.8 Å². The third-order valence-electron chi connectivity index (χ3n) is 4.25. The Morgan fingerprint density at radius 3 is 2.48 bits per heavy atom. The van der Waals surface area contributed by atoms with E-state index in [2.05, 4.69) is 31.1 Å². The minimum Gasteiger partial charge on any atom is -0.493 e. The number of aromatic nitrogens is 1. The van der Waals surface area contributed by atoms with Gasteiger partial charge in [-0.25, -0.2) is 4.98 Å². The van der Waals surface area contributed by atoms with Gasteiger partial charge in [-0.3, -0.25) is 4.79 Å². The van der Waals surface area contributed by atoms with E-state index in [9.17, 15) is 4.79 Å². The van der Waals surface area contributed by atoms with Crippen molar-refractivity contribution in [2.24, 2.45) is 0 Å². The van der Waals surface area contributed by atoms with Crippen molar-refractivity contribution in [2.45, 2.75) is 52.4 Å². The summed E-state index contributed by atoms with van der Waals surface area (Å²) in [6.45, 7) is 8.80. The van der Waals surface area contributed by atoms with Gasteiger partial charge >= 0.3 is 0 Å². The van der Waals surface area contributed by atoms with Crippen molar-refractivity contribution in [3.63, 3.8) is 0 Å². The van der Waals surface area contributed by atoms with Crippen LogP contribution in [0.25, 0.3) is 0 Å². The molecule has 0 radical (unpaired) electrons. The molecule has 0 bridgehead atoms. The Balaban J connectivity index is 1.81. The van der Waals surface area contributed by atoms with Crippen LogP contribution in [0.5, 0.6) is 11.5 Å². The molecule has 1 N–H and O–H groups in total. The molecular formula is C21H30N2O4. The van der Waals surface area contributed by atoms with E-state index < -0.39 is 0 Å². The van der Waals surface area contributed by atoms with Crippen LogP contribution in [0, 0.1) is 6.92 Å². The van der Waals surface area contributed by atoms with Crippen LogP contribution in [0.15, 0.2) is 22.6 Å². The number of ether oxygens (including phenoxy) is 2. The zero-order valence-corrected chi connectivity index (χ0v) is 17.1. The number of methoxy groups -OCH3 is 2. The number of nitrogens with one attached hydrogen (secondary N) is 1. The third-order valence-corrected chi connectivity index (χ3v) is 4.25. The maximum absolute atomic E-state index is 12.2. The highest BCUT2D eigenvalue weighted by Crippen LogP contribution is 2.27. The number of oxazole rings is 1. The summed E-state index contributed by atoms with van der Waals surface area (Å²) < 4.78 is 16.4. The van der Waals surface area contributed by atoms with Crippen molar-refractivity contribution in [1.29, 1.82) is 0 Å². The molecule has 27 heavy (non-hydrogen) atoms. The van der Waals surface area contributed by atoms with E-state index in [1.165, 1.54) is 0 Å². The molecule has 1 aromatic heterocycles. The first-order valence-corrected chi connectivity index (χ1v) is 9.19. The van der Waals surface area contributed by atoms with E-state index in [-0.39, 0.29) is 11.3 Å². The van der Waals surface area contributed by atoms with E-state index in [0.717, 1.165) is 35.7 Å². The molecule has 2 rings (SSSR count). The lowest BCUT2D eigenvalue weighted by Crippen LogP contribution is -2.26. The molecule has 1 aromatic carbocycles. The molecule has 0 saturated heterocycles. The Bertz CT molecular complexity index is 775. The number of amides is 1. The zero-order valence-electron chi connectivity index (χ0n) is 17.1. The van der Waals surface area contributed by atoms with Crippen LogP contribution < -0.4 is 14.8 Å². The average molecular weight is 374 g/mol. The minimum atomic E-state index is -0.101. The minimum absolute atomic E-state index is 0.0214. The van der Waals surface area contributed by atoms with Gasteiger partial charge in [0.15, 0.2) is 17.4 Å². The summed E-state index contributed by atoms with van der Waals surface area (Å²) >= 11 is 0. The number of carbonyl (C=O) groups is 1. The van der Waals surface area contributed by atoms with Crippen LogP contribution in [0.4, 0.5) is 0 Å². The SMILES string of the molecule is COc1ccc(CC(=O)NCCCc2oc(C(C)(C)C)nc2C)cc1OC. The number of hydrogen-bond acceptors (Lipinski definition) is 5. The summed E-state index contributed by atoms with van der Waals surface area (Å²) in [5, 5.41) is 2.95. The van der Waals surface area contributed by atoms with Crippen LogP contribution in [-0.2, 0) is 23.1 Å². The van der Waals surface area contributed by atoms with E-state index in [1.807, 2.05) is 19.1 Å². The maximum Gasteiger partial charge on any atom is 0.224 e. The molecule has 0 atom stereocenters. The average Bonchev–Trinajstić information content (AvgIpc) is 2.99. The van der Waals surface area contributed by atoms with E-state index in [0.29, 0.717) is 24.5 Å². The largest absolute Gasteiger partial charge is 0.493 e. The van der Waals surface area contributed by atoms with E-state index in [4.69, 9.17) is 13.9 Å². The van der Waals surface area contributed by atoms with Crippen molar-refractivity contribution in [2.75, 3.05) is 20.8 Å². The number of aryl methyl sites for hydroxylation is 2. The lowest BCUT2D eigenvalue weighted by atomic mass is 9.97. The van der Waals surface area contributed by atoms with Gasteiger partial charge in [0.2, 0.25) is 5.91 Å². The number of hydrogen-bond donors (Lipinski definition) is 1. The van der Waals surface area contributed by atoms with E-state index >= 15 is 0 Å². The second kappa shape index (κ2) is 8.93. The molecule has 148 valence electrons. The lowest BCUT2D eigenvalue weighted by molar-refractivity contribution is -0.120. The molecule has 0 spiro atoms. The Morgan fingerprint density at radius 2 is 1.89 bits per heavy atom. The van der Waals surface area contributed by atoms with Gasteiger partial charge in [0.05, 0.1) is 26.3 Å². The standard InChI is InChI=1S/C21H30N2O4/c1-14-16(27-20(23-14)21(2,3)4)8-7-11-22-19(24)13-15-9-10-17(25-5)18(12-15)26-6/h9-10,12H,7-8,11,13H2,1-6H3,(H,22,24). The van der Waals surface area contributed by atoms with Crippen LogP contribution >= 0.6 is 0 Å². The number of benzene rings is 1. The molecule has 6 nitrogen and oxygen atoms in total. The first kappa shape index (κ1) is 20.8. The van der Waals surface area contributed by atoms with Gasteiger partial charge < -0.3 is 19.2 Å². The highest BCUT2D eigenvalue weighted by atomic mass is 16.5. The normalized spacial score (nSPS) is 11.3. The van der Waals surface area contributed by atoms with Crippen molar-refractivity contribution in [3.05, 3.63) is 41.1 Å². The molecule has 0 saturated carbocycles. The number of nitrogens with zero attached hydrogens (tertiary/aromatic N) is 1. The topological polar surface area (TPSA) is 73.6 Å². The molecule has 1 amide bonds. The Hall–Kier alpha value is -2.50. The van der Waals surface area contributed by atoms with Gasteiger partial charge in [0.25, 0.3) is 0 Å². The summed E-state index contributed by atoms with van der Waals surface area (Å²) in [7, 11) is 3.17. The molecular weight excluding hydrogens is 344 g/mol. The van der Waals surface area contributed by atoms with Crippen molar-refractivity contribution < 1.29 is 18.7 Å². The number of rotatable bonds is 8. The smallest absolute Gasteiger partial charge is 0.224 e. The molecule has 0 aliphatic heterocycles. The Morgan fingerprint density at radius 1 is 1.19 bits per heavy atom. The fraction of sp³-hybridized carbons (Fsp3) is 0.524.